The number of primary amides is 1. The number of anilines is 2. The van der Waals surface area contributed by atoms with Crippen molar-refractivity contribution in [2.24, 2.45) is 34.5 Å². The van der Waals surface area contributed by atoms with Gasteiger partial charge in [-0.25, -0.2) is 14.5 Å². The van der Waals surface area contributed by atoms with Gasteiger partial charge in [-0.3, -0.25) is 33.1 Å². The molecule has 1 unspecified atom stereocenters. The number of nitrogens with one attached hydrogen (secondary N) is 4. The van der Waals surface area contributed by atoms with Gasteiger partial charge < -0.3 is 37.2 Å². The highest BCUT2D eigenvalue weighted by molar-refractivity contribution is 7.84. The van der Waals surface area contributed by atoms with Crippen molar-refractivity contribution in [1.29, 1.82) is 0 Å². The molecule has 10 N–H and O–H groups in total. The highest BCUT2D eigenvalue weighted by atomic mass is 32.2. The third kappa shape index (κ3) is 14.9. The van der Waals surface area contributed by atoms with Crippen molar-refractivity contribution in [2.75, 3.05) is 30.3 Å². The van der Waals surface area contributed by atoms with Crippen LogP contribution in [-0.2, 0) is 45.0 Å². The van der Waals surface area contributed by atoms with E-state index in [1.165, 1.54) is 4.90 Å². The zero-order valence-corrected chi connectivity index (χ0v) is 41.4. The average molecular weight is 1000 g/mol. The molecule has 2 aromatic carbocycles. The molecule has 22 heteroatoms. The molecule has 4 aromatic rings. The number of benzene rings is 2. The minimum atomic E-state index is -4.25. The minimum absolute atomic E-state index is 0.152. The Balaban J connectivity index is 1.11. The Morgan fingerprint density at radius 3 is 2.39 bits per heavy atom. The maximum atomic E-state index is 13.9. The Kier molecular flexibility index (Phi) is 18.4. The number of rotatable bonds is 25. The zero-order valence-electron chi connectivity index (χ0n) is 40.6. The number of unbranched alkanes of at least 4 members (excludes halogenated alkanes) is 2. The predicted molar refractivity (Wildman–Crippen MR) is 262 cm³/mol. The Morgan fingerprint density at radius 1 is 0.986 bits per heavy atom. The second kappa shape index (κ2) is 24.2. The van der Waals surface area contributed by atoms with Gasteiger partial charge in [0, 0.05) is 67.4 Å². The monoisotopic (exact) mass is 1000 g/mol. The van der Waals surface area contributed by atoms with Crippen LogP contribution in [0.5, 0.6) is 0 Å². The number of carbonyl (C=O) groups is 6. The summed E-state index contributed by atoms with van der Waals surface area (Å²) in [5, 5.41) is 43.2. The minimum Gasteiger partial charge on any atom is -0.390 e. The van der Waals surface area contributed by atoms with Gasteiger partial charge in [0.1, 0.15) is 18.3 Å². The molecule has 0 spiro atoms. The van der Waals surface area contributed by atoms with Gasteiger partial charge in [-0.2, -0.15) is 8.42 Å². The van der Waals surface area contributed by atoms with Gasteiger partial charge >= 0.3 is 22.0 Å². The van der Waals surface area contributed by atoms with Crippen LogP contribution in [0.2, 0.25) is 0 Å². The van der Waals surface area contributed by atoms with Crippen LogP contribution >= 0.6 is 0 Å². The quantitative estimate of drug-likeness (QED) is 0.0269. The average Bonchev–Trinajstić information content (AvgIpc) is 3.96. The van der Waals surface area contributed by atoms with E-state index in [0.29, 0.717) is 61.6 Å². The number of aliphatic hydroxyl groups is 2. The van der Waals surface area contributed by atoms with Crippen molar-refractivity contribution >= 4 is 62.9 Å². The maximum Gasteiger partial charge on any atom is 0.333 e. The molecule has 2 aliphatic rings. The summed E-state index contributed by atoms with van der Waals surface area (Å²) in [6.07, 6.45) is 2.02. The molecule has 6 rings (SSSR count). The third-order valence-corrected chi connectivity index (χ3v) is 13.5. The molecule has 384 valence electrons. The van der Waals surface area contributed by atoms with E-state index in [1.54, 1.807) is 29.6 Å². The molecule has 0 bridgehead atoms. The molecule has 21 nitrogen and oxygen atoms in total. The Hall–Kier alpha value is -6.33. The van der Waals surface area contributed by atoms with Gasteiger partial charge in [0.2, 0.25) is 29.4 Å². The number of urea groups is 1. The van der Waals surface area contributed by atoms with Crippen LogP contribution in [0.3, 0.4) is 0 Å². The number of aromatic nitrogens is 3. The number of hydrogen-bond acceptors (Lipinski definition) is 13. The summed E-state index contributed by atoms with van der Waals surface area (Å²) in [5.41, 5.74) is 9.88. The lowest BCUT2D eigenvalue weighted by molar-refractivity contribution is -0.665. The summed E-state index contributed by atoms with van der Waals surface area (Å²) in [4.78, 5) is 77.7. The topological polar surface area (TPSA) is 311 Å². The van der Waals surface area contributed by atoms with E-state index >= 15 is 0 Å². The molecule has 3 heterocycles. The van der Waals surface area contributed by atoms with Crippen molar-refractivity contribution < 1.29 is 56.1 Å². The molecule has 1 saturated carbocycles. The largest absolute Gasteiger partial charge is 0.390 e. The zero-order chi connectivity index (χ0) is 51.6. The Morgan fingerprint density at radius 2 is 1.73 bits per heavy atom. The second-order valence-electron chi connectivity index (χ2n) is 19.1. The van der Waals surface area contributed by atoms with Crippen molar-refractivity contribution in [1.82, 2.24) is 25.1 Å². The van der Waals surface area contributed by atoms with E-state index < -0.39 is 65.0 Å². The van der Waals surface area contributed by atoms with Crippen LogP contribution < -0.4 is 36.7 Å². The summed E-state index contributed by atoms with van der Waals surface area (Å²) in [6, 6.07) is 16.6. The van der Waals surface area contributed by atoms with Crippen molar-refractivity contribution in [2.45, 2.75) is 116 Å². The van der Waals surface area contributed by atoms with Gasteiger partial charge in [0.25, 0.3) is 0 Å². The standard InChI is InChI=1S/C49H66N10O11S/c1-29(2)44(55-41(61)13-6-5-7-20-58-43(62)23-31(4)48(58)66)39(60)25-34(12-9-19-52-49(50)67)47(65)53-36-16-14-32(15-17-36)27-57-21-18-40(54-38-24-35(45(63)46(38)64)28-70-71(51,68)69)59-42(57)26-37(56-59)33-11-8-10-30(3)22-33/h8,10-11,14-18,21-22,26,29,31,34-35,38,44-46,63-64H,5-7,9,12-13,19-20,23-25,27-28H2,1-4H3,(H7,50,51,52,53,55,61,65,67,68,69)/p+1/t31?,34-,35-,38-,44+,45-,46+/m0/s1. The summed E-state index contributed by atoms with van der Waals surface area (Å²) in [7, 11) is -4.25. The van der Waals surface area contributed by atoms with Gasteiger partial charge in [0.15, 0.2) is 5.78 Å². The van der Waals surface area contributed by atoms with Gasteiger partial charge in [0.05, 0.1) is 37.1 Å². The fraction of sp³-hybridized carbons (Fsp3) is 0.510. The molecule has 1 aliphatic heterocycles. The van der Waals surface area contributed by atoms with Crippen molar-refractivity contribution in [3.8, 4) is 11.3 Å². The molecular formula is C49H67N10O11S+. The maximum absolute atomic E-state index is 13.9. The first-order valence-electron chi connectivity index (χ1n) is 24.1. The van der Waals surface area contributed by atoms with Gasteiger partial charge in [-0.1, -0.05) is 72.7 Å². The molecule has 0 radical (unpaired) electrons. The van der Waals surface area contributed by atoms with E-state index in [0.717, 1.165) is 16.7 Å². The predicted octanol–water partition coefficient (Wildman–Crippen LogP) is 2.45. The molecule has 7 atom stereocenters. The van der Waals surface area contributed by atoms with Crippen LogP contribution in [0, 0.1) is 30.6 Å². The number of aliphatic hydroxyl groups excluding tert-OH is 2. The van der Waals surface area contributed by atoms with Crippen LogP contribution in [-0.4, -0.2) is 113 Å². The van der Waals surface area contributed by atoms with Crippen LogP contribution in [0.4, 0.5) is 16.3 Å². The first-order chi connectivity index (χ1) is 33.7. The number of fused-ring (bicyclic) bond motifs is 1. The van der Waals surface area contributed by atoms with Gasteiger partial charge in [-0.05, 0) is 68.7 Å². The van der Waals surface area contributed by atoms with Crippen molar-refractivity contribution in [3.05, 3.63) is 78.0 Å². The molecule has 1 aliphatic carbocycles. The summed E-state index contributed by atoms with van der Waals surface area (Å²) in [6.45, 7) is 7.84. The molecular weight excluding hydrogens is 937 g/mol. The lowest BCUT2D eigenvalue weighted by Crippen LogP contribution is -2.45. The van der Waals surface area contributed by atoms with Crippen LogP contribution in [0.1, 0.15) is 89.7 Å². The number of amides is 6. The summed E-state index contributed by atoms with van der Waals surface area (Å²) < 4.78 is 31.2. The fourth-order valence-corrected chi connectivity index (χ4v) is 9.49. The molecule has 2 fully saturated rings. The first-order valence-corrected chi connectivity index (χ1v) is 25.5. The number of likely N-dealkylation sites (tertiary alicyclic amines) is 1. The van der Waals surface area contributed by atoms with Crippen LogP contribution in [0.25, 0.3) is 16.9 Å². The number of hydrogen-bond donors (Lipinski definition) is 8. The Bertz CT molecular complexity index is 2680. The number of imide groups is 1. The van der Waals surface area contributed by atoms with E-state index in [-0.39, 0.29) is 74.0 Å². The number of aryl methyl sites for hydroxylation is 1. The highest BCUT2D eigenvalue weighted by Gasteiger charge is 2.43. The Labute approximate surface area is 413 Å². The normalized spacial score (nSPS) is 20.1. The number of nitrogens with two attached hydrogens (primary N) is 2. The van der Waals surface area contributed by atoms with E-state index in [2.05, 4.69) is 21.3 Å². The second-order valence-corrected chi connectivity index (χ2v) is 20.3. The number of ketones is 1. The van der Waals surface area contributed by atoms with E-state index in [1.807, 2.05) is 74.0 Å². The molecule has 6 amide bonds. The van der Waals surface area contributed by atoms with Crippen molar-refractivity contribution in [3.63, 3.8) is 0 Å². The number of nitrogens with zero attached hydrogens (tertiary/aromatic N) is 4. The van der Waals surface area contributed by atoms with E-state index in [4.69, 9.17) is 20.2 Å². The fourth-order valence-electron chi connectivity index (χ4n) is 9.12. The SMILES string of the molecule is Cc1cccc(-c2cc3n(n2)c(N[C@H]2C[C@@H](COS(N)(=O)=O)[C@H](O)[C@@H]2O)cc[n+]3Cc2ccc(NC(=O)[C@@H](CCCNC(N)=O)CC(=O)[C@H](NC(=O)CCCCCN3C(=O)CC(C)C3=O)C(C)C)cc2)c1. The molecule has 1 saturated heterocycles. The molecule has 2 aromatic heterocycles. The summed E-state index contributed by atoms with van der Waals surface area (Å²) >= 11 is 0. The lowest BCUT2D eigenvalue weighted by atomic mass is 9.89. The number of carbonyl (C=O) groups excluding carboxylic acids is 6. The third-order valence-electron chi connectivity index (χ3n) is 13.0. The molecule has 71 heavy (non-hydrogen) atoms. The first kappa shape index (κ1) is 54.0. The highest BCUT2D eigenvalue weighted by Crippen LogP contribution is 2.31. The van der Waals surface area contributed by atoms with Crippen LogP contribution in [0.15, 0.2) is 66.9 Å². The number of Topliss-reactive ketones (excluding diaryl/α,β-unsaturated/α-hetero) is 1. The van der Waals surface area contributed by atoms with E-state index in [9.17, 15) is 47.4 Å². The smallest absolute Gasteiger partial charge is 0.333 e. The van der Waals surface area contributed by atoms with Gasteiger partial charge in [-0.15, -0.1) is 0 Å². The summed E-state index contributed by atoms with van der Waals surface area (Å²) in [5.74, 6) is -2.95. The lowest BCUT2D eigenvalue weighted by Gasteiger charge is -2.24.